The molecule has 1 aromatic rings. The lowest BCUT2D eigenvalue weighted by molar-refractivity contribution is -0.123. The molecule has 2 rings (SSSR count). The first-order valence-corrected chi connectivity index (χ1v) is 8.72. The van der Waals surface area contributed by atoms with Crippen LogP contribution in [0.4, 0.5) is 0 Å². The molecule has 28 heavy (non-hydrogen) atoms. The molecule has 1 aliphatic heterocycles. The number of ether oxygens (including phenoxy) is 4. The van der Waals surface area contributed by atoms with Gasteiger partial charge in [0.05, 0.1) is 19.8 Å². The van der Waals surface area contributed by atoms with Gasteiger partial charge >= 0.3 is 5.97 Å². The predicted octanol–water partition coefficient (Wildman–Crippen LogP) is 1.49. The summed E-state index contributed by atoms with van der Waals surface area (Å²) in [5.74, 6) is -0.512. The van der Waals surface area contributed by atoms with E-state index < -0.39 is 24.0 Å². The highest BCUT2D eigenvalue weighted by Gasteiger charge is 2.21. The number of fused-ring (bicyclic) bond motifs is 1. The van der Waals surface area contributed by atoms with E-state index >= 15 is 0 Å². The third kappa shape index (κ3) is 5.91. The zero-order chi connectivity index (χ0) is 20.5. The van der Waals surface area contributed by atoms with Crippen molar-refractivity contribution in [2.24, 2.45) is 0 Å². The highest BCUT2D eigenvalue weighted by molar-refractivity contribution is 5.97. The maximum absolute atomic E-state index is 12.6. The second-order valence-electron chi connectivity index (χ2n) is 6.05. The fourth-order valence-electron chi connectivity index (χ4n) is 2.56. The summed E-state index contributed by atoms with van der Waals surface area (Å²) in [5, 5.41) is 20.0. The van der Waals surface area contributed by atoms with Gasteiger partial charge in [-0.05, 0) is 24.1 Å². The summed E-state index contributed by atoms with van der Waals surface area (Å²) in [6.45, 7) is -0.0451. The second-order valence-corrected chi connectivity index (χ2v) is 6.05. The molecule has 1 aromatic carbocycles. The minimum absolute atomic E-state index is 0.0419. The number of rotatable bonds is 4. The van der Waals surface area contributed by atoms with Crippen LogP contribution < -0.4 is 9.47 Å². The van der Waals surface area contributed by atoms with E-state index in [-0.39, 0.29) is 31.1 Å². The summed E-state index contributed by atoms with van der Waals surface area (Å²) in [6, 6.07) is 3.13. The van der Waals surface area contributed by atoms with Gasteiger partial charge in [0.25, 0.3) is 0 Å². The fourth-order valence-corrected chi connectivity index (χ4v) is 2.56. The number of cyclic esters (lactones) is 1. The molecule has 152 valence electrons. The van der Waals surface area contributed by atoms with E-state index in [2.05, 4.69) is 0 Å². The number of ketones is 1. The lowest BCUT2D eigenvalue weighted by Crippen LogP contribution is -2.23. The number of esters is 1. The van der Waals surface area contributed by atoms with Crippen molar-refractivity contribution in [2.75, 3.05) is 27.6 Å². The summed E-state index contributed by atoms with van der Waals surface area (Å²) in [4.78, 5) is 24.4. The minimum atomic E-state index is -1.33. The Kier molecular flexibility index (Phi) is 8.19. The van der Waals surface area contributed by atoms with Gasteiger partial charge in [-0.3, -0.25) is 4.79 Å². The number of hydrogen-bond donors (Lipinski definition) is 2. The minimum Gasteiger partial charge on any atom is -0.497 e. The van der Waals surface area contributed by atoms with Crippen LogP contribution in [0.25, 0.3) is 6.08 Å². The lowest BCUT2D eigenvalue weighted by atomic mass is 10.0. The molecule has 8 nitrogen and oxygen atoms in total. The van der Waals surface area contributed by atoms with Crippen molar-refractivity contribution in [3.8, 4) is 11.5 Å². The van der Waals surface area contributed by atoms with Crippen LogP contribution in [0, 0.1) is 0 Å². The van der Waals surface area contributed by atoms with Crippen molar-refractivity contribution in [2.45, 2.75) is 25.0 Å². The highest BCUT2D eigenvalue weighted by atomic mass is 16.7. The first kappa shape index (κ1) is 21.6. The largest absolute Gasteiger partial charge is 0.497 e. The van der Waals surface area contributed by atoms with E-state index in [1.54, 1.807) is 6.07 Å². The van der Waals surface area contributed by atoms with Gasteiger partial charge in [0, 0.05) is 19.6 Å². The molecule has 0 amide bonds. The fraction of sp³-hybridized carbons (Fsp3) is 0.400. The number of carbonyl (C=O) groups is 2. The number of carbonyl (C=O) groups excluding carboxylic acids is 2. The molecule has 0 spiro atoms. The van der Waals surface area contributed by atoms with Crippen molar-refractivity contribution in [3.63, 3.8) is 0 Å². The molecule has 1 aliphatic rings. The van der Waals surface area contributed by atoms with E-state index in [0.717, 1.165) is 0 Å². The molecule has 0 saturated carbocycles. The Bertz CT molecular complexity index is 753. The highest BCUT2D eigenvalue weighted by Crippen LogP contribution is 2.31. The smallest absolute Gasteiger partial charge is 0.342 e. The molecule has 0 aliphatic carbocycles. The molecular formula is C20H24O8. The summed E-state index contributed by atoms with van der Waals surface area (Å²) < 4.78 is 20.9. The Morgan fingerprint density at radius 2 is 1.96 bits per heavy atom. The molecule has 2 atom stereocenters. The van der Waals surface area contributed by atoms with Crippen LogP contribution >= 0.6 is 0 Å². The molecule has 2 N–H and O–H groups in total. The Morgan fingerprint density at radius 1 is 1.18 bits per heavy atom. The van der Waals surface area contributed by atoms with E-state index in [0.29, 0.717) is 17.7 Å². The normalized spacial score (nSPS) is 23.1. The van der Waals surface area contributed by atoms with E-state index in [1.165, 1.54) is 44.6 Å². The van der Waals surface area contributed by atoms with Crippen molar-refractivity contribution < 1.29 is 38.7 Å². The molecule has 1 heterocycles. The van der Waals surface area contributed by atoms with E-state index in [4.69, 9.17) is 18.9 Å². The van der Waals surface area contributed by atoms with Gasteiger partial charge in [-0.2, -0.15) is 0 Å². The lowest BCUT2D eigenvalue weighted by Gasteiger charge is -2.16. The third-order valence-electron chi connectivity index (χ3n) is 3.97. The van der Waals surface area contributed by atoms with Gasteiger partial charge in [0.15, 0.2) is 12.6 Å². The van der Waals surface area contributed by atoms with Crippen LogP contribution in [0.15, 0.2) is 30.4 Å². The molecule has 0 bridgehead atoms. The van der Waals surface area contributed by atoms with Crippen LogP contribution in [-0.2, 0) is 14.3 Å². The van der Waals surface area contributed by atoms with Gasteiger partial charge < -0.3 is 29.2 Å². The SMILES string of the molecule is COCOc1cc(OC)cc2c1C(=O)OCC/C=C\C(=O)[C@@H](O)CC(O)/C=C/2. The topological polar surface area (TPSA) is 112 Å². The van der Waals surface area contributed by atoms with Gasteiger partial charge in [0.2, 0.25) is 0 Å². The van der Waals surface area contributed by atoms with Crippen molar-refractivity contribution in [1.29, 1.82) is 0 Å². The standard InChI is InChI=1S/C20H24O8/c1-25-12-28-18-11-15(26-2)9-13-6-7-14(21)10-17(23)16(22)5-3-4-8-27-20(24)19(13)18/h3,5-7,9,11,14,17,21,23H,4,8,10,12H2,1-2H3/b5-3-,7-6+/t14?,17-/m0/s1. The Hall–Kier alpha value is -2.68. The Balaban J connectivity index is 2.47. The van der Waals surface area contributed by atoms with Gasteiger partial charge in [-0.1, -0.05) is 18.2 Å². The first-order chi connectivity index (χ1) is 13.5. The summed E-state index contributed by atoms with van der Waals surface area (Å²) in [6.07, 6.45) is 3.27. The van der Waals surface area contributed by atoms with Gasteiger partial charge in [-0.25, -0.2) is 4.79 Å². The number of methoxy groups -OCH3 is 2. The van der Waals surface area contributed by atoms with Crippen molar-refractivity contribution in [3.05, 3.63) is 41.5 Å². The summed E-state index contributed by atoms with van der Waals surface area (Å²) in [7, 11) is 2.92. The number of benzene rings is 1. The van der Waals surface area contributed by atoms with Gasteiger partial charge in [0.1, 0.15) is 23.2 Å². The zero-order valence-corrected chi connectivity index (χ0v) is 15.8. The Labute approximate surface area is 163 Å². The van der Waals surface area contributed by atoms with Gasteiger partial charge in [-0.15, -0.1) is 0 Å². The molecule has 0 radical (unpaired) electrons. The summed E-state index contributed by atoms with van der Waals surface area (Å²) >= 11 is 0. The molecule has 1 unspecified atom stereocenters. The van der Waals surface area contributed by atoms with Crippen LogP contribution in [-0.4, -0.2) is 61.8 Å². The van der Waals surface area contributed by atoms with Crippen LogP contribution in [0.5, 0.6) is 11.5 Å². The van der Waals surface area contributed by atoms with Crippen molar-refractivity contribution in [1.82, 2.24) is 0 Å². The average molecular weight is 392 g/mol. The third-order valence-corrected chi connectivity index (χ3v) is 3.97. The number of aliphatic hydroxyl groups is 2. The maximum atomic E-state index is 12.6. The molecular weight excluding hydrogens is 368 g/mol. The number of aliphatic hydroxyl groups excluding tert-OH is 2. The quantitative estimate of drug-likeness (QED) is 0.586. The average Bonchev–Trinajstić information content (AvgIpc) is 2.68. The molecule has 0 aromatic heterocycles. The van der Waals surface area contributed by atoms with Crippen LogP contribution in [0.3, 0.4) is 0 Å². The molecule has 8 heteroatoms. The van der Waals surface area contributed by atoms with Crippen LogP contribution in [0.2, 0.25) is 0 Å². The first-order valence-electron chi connectivity index (χ1n) is 8.72. The monoisotopic (exact) mass is 392 g/mol. The number of hydrogen-bond acceptors (Lipinski definition) is 8. The maximum Gasteiger partial charge on any atom is 0.342 e. The van der Waals surface area contributed by atoms with E-state index in [9.17, 15) is 19.8 Å². The Morgan fingerprint density at radius 3 is 2.68 bits per heavy atom. The predicted molar refractivity (Wildman–Crippen MR) is 100 cm³/mol. The van der Waals surface area contributed by atoms with Crippen molar-refractivity contribution >= 4 is 17.8 Å². The van der Waals surface area contributed by atoms with Crippen LogP contribution in [0.1, 0.15) is 28.8 Å². The second kappa shape index (κ2) is 10.6. The molecule has 0 saturated heterocycles. The summed E-state index contributed by atoms with van der Waals surface area (Å²) in [5.41, 5.74) is 0.543. The zero-order valence-electron chi connectivity index (χ0n) is 15.8. The van der Waals surface area contributed by atoms with E-state index in [1.807, 2.05) is 0 Å². The molecule has 0 fully saturated rings.